The third-order valence-corrected chi connectivity index (χ3v) is 2.21. The van der Waals surface area contributed by atoms with Crippen molar-refractivity contribution in [2.45, 2.75) is 19.3 Å². The number of nitrogens with one attached hydrogen (secondary N) is 1. The van der Waals surface area contributed by atoms with E-state index >= 15 is 0 Å². The number of para-hydroxylation sites is 1. The van der Waals surface area contributed by atoms with Gasteiger partial charge in [-0.25, -0.2) is 4.99 Å². The van der Waals surface area contributed by atoms with Crippen molar-refractivity contribution >= 4 is 11.9 Å². The highest BCUT2D eigenvalue weighted by Gasteiger charge is 2.31. The average molecular weight is 146 g/mol. The van der Waals surface area contributed by atoms with E-state index in [1.807, 2.05) is 0 Å². The molecule has 2 rings (SSSR count). The number of benzene rings is 1. The lowest BCUT2D eigenvalue weighted by Crippen LogP contribution is -2.60. The van der Waals surface area contributed by atoms with Gasteiger partial charge in [0.2, 0.25) is 5.69 Å². The van der Waals surface area contributed by atoms with Crippen molar-refractivity contribution in [2.24, 2.45) is 0 Å². The van der Waals surface area contributed by atoms with Crippen molar-refractivity contribution in [3.63, 3.8) is 0 Å². The van der Waals surface area contributed by atoms with Crippen molar-refractivity contribution < 1.29 is 4.99 Å². The predicted molar refractivity (Wildman–Crippen MR) is 46.2 cm³/mol. The fourth-order valence-electron chi connectivity index (χ4n) is 1.51. The molecule has 56 valence electrons. The molecule has 0 bridgehead atoms. The normalized spacial score (nSPS) is 18.4. The SMILES string of the molecule is CC1(C)C=[NH+]c2ccccc21. The Kier molecular flexibility index (Phi) is 1.16. The van der Waals surface area contributed by atoms with Gasteiger partial charge >= 0.3 is 0 Å². The van der Waals surface area contributed by atoms with Crippen LogP contribution < -0.4 is 4.99 Å². The van der Waals surface area contributed by atoms with Crippen molar-refractivity contribution in [2.75, 3.05) is 0 Å². The van der Waals surface area contributed by atoms with Gasteiger partial charge in [-0.15, -0.1) is 0 Å². The van der Waals surface area contributed by atoms with E-state index in [9.17, 15) is 0 Å². The van der Waals surface area contributed by atoms with Crippen LogP contribution in [-0.4, -0.2) is 6.21 Å². The molecule has 1 aliphatic rings. The Morgan fingerprint density at radius 1 is 1.18 bits per heavy atom. The lowest BCUT2D eigenvalue weighted by molar-refractivity contribution is -0.344. The zero-order chi connectivity index (χ0) is 7.90. The molecule has 1 N–H and O–H groups in total. The quantitative estimate of drug-likeness (QED) is 0.555. The fraction of sp³-hybridized carbons (Fsp3) is 0.300. The monoisotopic (exact) mass is 146 g/mol. The number of rotatable bonds is 0. The Balaban J connectivity index is 2.64. The van der Waals surface area contributed by atoms with E-state index in [1.54, 1.807) is 0 Å². The van der Waals surface area contributed by atoms with Crippen LogP contribution in [0.15, 0.2) is 24.3 Å². The molecule has 0 unspecified atom stereocenters. The smallest absolute Gasteiger partial charge is 0.207 e. The first-order valence-electron chi connectivity index (χ1n) is 3.90. The molecular formula is C10H12N+. The summed E-state index contributed by atoms with van der Waals surface area (Å²) >= 11 is 0. The third-order valence-electron chi connectivity index (χ3n) is 2.21. The molecule has 0 radical (unpaired) electrons. The van der Waals surface area contributed by atoms with E-state index in [4.69, 9.17) is 0 Å². The van der Waals surface area contributed by atoms with Gasteiger partial charge < -0.3 is 0 Å². The maximum Gasteiger partial charge on any atom is 0.207 e. The highest BCUT2D eigenvalue weighted by Crippen LogP contribution is 2.26. The maximum absolute atomic E-state index is 3.27. The molecule has 0 aliphatic carbocycles. The van der Waals surface area contributed by atoms with Crippen LogP contribution in [0.25, 0.3) is 0 Å². The van der Waals surface area contributed by atoms with Crippen LogP contribution in [0.5, 0.6) is 0 Å². The Morgan fingerprint density at radius 2 is 1.91 bits per heavy atom. The molecule has 0 saturated carbocycles. The predicted octanol–water partition coefficient (Wildman–Crippen LogP) is 0.761. The van der Waals surface area contributed by atoms with Crippen LogP contribution in [0.3, 0.4) is 0 Å². The van der Waals surface area contributed by atoms with Crippen LogP contribution in [0.2, 0.25) is 0 Å². The molecule has 0 fully saturated rings. The third kappa shape index (κ3) is 0.881. The van der Waals surface area contributed by atoms with E-state index in [-0.39, 0.29) is 5.41 Å². The van der Waals surface area contributed by atoms with E-state index in [0.29, 0.717) is 0 Å². The minimum Gasteiger partial charge on any atom is -0.214 e. The van der Waals surface area contributed by atoms with Gasteiger partial charge in [-0.2, -0.15) is 0 Å². The second-order valence-corrected chi connectivity index (χ2v) is 3.56. The summed E-state index contributed by atoms with van der Waals surface area (Å²) in [5.74, 6) is 0. The van der Waals surface area contributed by atoms with Crippen molar-refractivity contribution in [1.82, 2.24) is 0 Å². The topological polar surface area (TPSA) is 14.0 Å². The average Bonchev–Trinajstić information content (AvgIpc) is 2.29. The van der Waals surface area contributed by atoms with Crippen LogP contribution in [0.4, 0.5) is 5.69 Å². The van der Waals surface area contributed by atoms with Gasteiger partial charge in [0.15, 0.2) is 6.21 Å². The molecule has 1 aliphatic heterocycles. The molecule has 0 amide bonds. The van der Waals surface area contributed by atoms with Crippen LogP contribution in [0.1, 0.15) is 19.4 Å². The van der Waals surface area contributed by atoms with Crippen molar-refractivity contribution in [1.29, 1.82) is 0 Å². The largest absolute Gasteiger partial charge is 0.214 e. The number of hydrogen-bond acceptors (Lipinski definition) is 0. The van der Waals surface area contributed by atoms with Gasteiger partial charge in [-0.05, 0) is 13.8 Å². The lowest BCUT2D eigenvalue weighted by Gasteiger charge is -2.09. The molecule has 0 atom stereocenters. The number of fused-ring (bicyclic) bond motifs is 1. The molecule has 1 aromatic rings. The molecule has 1 nitrogen and oxygen atoms in total. The van der Waals surface area contributed by atoms with Gasteiger partial charge in [0.1, 0.15) is 0 Å². The van der Waals surface area contributed by atoms with Crippen LogP contribution in [-0.2, 0) is 5.41 Å². The first-order chi connectivity index (χ1) is 5.20. The zero-order valence-electron chi connectivity index (χ0n) is 6.89. The van der Waals surface area contributed by atoms with Gasteiger partial charge in [-0.3, -0.25) is 0 Å². The summed E-state index contributed by atoms with van der Waals surface area (Å²) in [5.41, 5.74) is 2.83. The minimum absolute atomic E-state index is 0.191. The summed E-state index contributed by atoms with van der Waals surface area (Å²) in [6.07, 6.45) is 2.14. The zero-order valence-corrected chi connectivity index (χ0v) is 6.89. The molecular weight excluding hydrogens is 134 g/mol. The summed E-state index contributed by atoms with van der Waals surface area (Å²) in [6, 6.07) is 8.43. The van der Waals surface area contributed by atoms with Crippen molar-refractivity contribution in [3.8, 4) is 0 Å². The summed E-state index contributed by atoms with van der Waals surface area (Å²) in [4.78, 5) is 3.27. The molecule has 0 saturated heterocycles. The highest BCUT2D eigenvalue weighted by atomic mass is 14.8. The molecule has 11 heavy (non-hydrogen) atoms. The molecule has 1 heteroatoms. The van der Waals surface area contributed by atoms with Crippen LogP contribution in [0, 0.1) is 0 Å². The van der Waals surface area contributed by atoms with E-state index in [1.165, 1.54) is 11.3 Å². The Bertz CT molecular complexity index is 310. The summed E-state index contributed by atoms with van der Waals surface area (Å²) in [5, 5.41) is 0. The standard InChI is InChI=1S/C10H11N/c1-10(2)7-11-9-6-4-3-5-8(9)10/h3-7H,1-2H3/p+1. The highest BCUT2D eigenvalue weighted by molar-refractivity contribution is 5.75. The Morgan fingerprint density at radius 3 is 2.64 bits per heavy atom. The summed E-state index contributed by atoms with van der Waals surface area (Å²) < 4.78 is 0. The van der Waals surface area contributed by atoms with Gasteiger partial charge in [0.25, 0.3) is 0 Å². The molecule has 1 heterocycles. The maximum atomic E-state index is 3.27. The van der Waals surface area contributed by atoms with E-state index in [0.717, 1.165) is 0 Å². The second-order valence-electron chi connectivity index (χ2n) is 3.56. The molecule has 0 spiro atoms. The second kappa shape index (κ2) is 1.94. The fourth-order valence-corrected chi connectivity index (χ4v) is 1.51. The first kappa shape index (κ1) is 6.59. The summed E-state index contributed by atoms with van der Waals surface area (Å²) in [7, 11) is 0. The van der Waals surface area contributed by atoms with Gasteiger partial charge in [0, 0.05) is 11.6 Å². The Labute approximate surface area is 66.8 Å². The molecule has 0 aromatic heterocycles. The molecule has 1 aromatic carbocycles. The van der Waals surface area contributed by atoms with Gasteiger partial charge in [0.05, 0.1) is 5.41 Å². The number of hydrogen-bond donors (Lipinski definition) is 1. The lowest BCUT2D eigenvalue weighted by atomic mass is 9.87. The van der Waals surface area contributed by atoms with E-state index < -0.39 is 0 Å². The van der Waals surface area contributed by atoms with Crippen molar-refractivity contribution in [3.05, 3.63) is 29.8 Å². The first-order valence-corrected chi connectivity index (χ1v) is 3.90. The minimum atomic E-state index is 0.191. The summed E-state index contributed by atoms with van der Waals surface area (Å²) in [6.45, 7) is 4.43. The van der Waals surface area contributed by atoms with E-state index in [2.05, 4.69) is 49.3 Å². The van der Waals surface area contributed by atoms with Crippen LogP contribution >= 0.6 is 0 Å². The Hall–Kier alpha value is -1.11. The van der Waals surface area contributed by atoms with Gasteiger partial charge in [-0.1, -0.05) is 18.2 Å².